The predicted molar refractivity (Wildman–Crippen MR) is 133 cm³/mol. The molecule has 0 radical (unpaired) electrons. The molecule has 7 nitrogen and oxygen atoms in total. The molecule has 0 aromatic heterocycles. The standard InChI is InChI=1S/C28H34N2O5/c1-2-30(16-7-13-26(32)33)25(31)17-28(14-8-15-28)19-29-27(34)35-18-24-22-11-5-3-9-20(22)21-10-4-6-12-23(21)24/h3-6,9-12,24H,2,7-8,13-19H2,1H3,(H,29,34)(H,32,33). The molecular weight excluding hydrogens is 444 g/mol. The van der Waals surface area contributed by atoms with Crippen LogP contribution in [0.15, 0.2) is 48.5 Å². The summed E-state index contributed by atoms with van der Waals surface area (Å²) in [6.45, 7) is 3.56. The van der Waals surface area contributed by atoms with E-state index >= 15 is 0 Å². The Morgan fingerprint density at radius 2 is 1.69 bits per heavy atom. The Kier molecular flexibility index (Phi) is 7.73. The van der Waals surface area contributed by atoms with Crippen LogP contribution in [0.1, 0.15) is 62.5 Å². The summed E-state index contributed by atoms with van der Waals surface area (Å²) in [6.07, 6.45) is 3.20. The first-order valence-corrected chi connectivity index (χ1v) is 12.5. The Balaban J connectivity index is 1.29. The van der Waals surface area contributed by atoms with Crippen molar-refractivity contribution in [1.82, 2.24) is 10.2 Å². The van der Waals surface area contributed by atoms with Crippen molar-refractivity contribution >= 4 is 18.0 Å². The van der Waals surface area contributed by atoms with Gasteiger partial charge in [-0.25, -0.2) is 4.79 Å². The van der Waals surface area contributed by atoms with E-state index in [9.17, 15) is 14.4 Å². The van der Waals surface area contributed by atoms with Gasteiger partial charge in [0.1, 0.15) is 6.61 Å². The topological polar surface area (TPSA) is 95.9 Å². The zero-order valence-electron chi connectivity index (χ0n) is 20.3. The third-order valence-corrected chi connectivity index (χ3v) is 7.44. The van der Waals surface area contributed by atoms with Crippen molar-refractivity contribution in [2.24, 2.45) is 5.41 Å². The summed E-state index contributed by atoms with van der Waals surface area (Å²) in [4.78, 5) is 38.0. The molecule has 35 heavy (non-hydrogen) atoms. The van der Waals surface area contributed by atoms with E-state index in [1.807, 2.05) is 31.2 Å². The molecule has 2 aromatic rings. The molecule has 7 heteroatoms. The van der Waals surface area contributed by atoms with Gasteiger partial charge in [0.2, 0.25) is 5.91 Å². The number of carbonyl (C=O) groups excluding carboxylic acids is 2. The second kappa shape index (κ2) is 10.9. The van der Waals surface area contributed by atoms with E-state index in [1.54, 1.807) is 4.90 Å². The highest BCUT2D eigenvalue weighted by atomic mass is 16.5. The van der Waals surface area contributed by atoms with Crippen LogP contribution in [0.3, 0.4) is 0 Å². The number of hydrogen-bond donors (Lipinski definition) is 2. The summed E-state index contributed by atoms with van der Waals surface area (Å²) in [6, 6.07) is 16.5. The highest BCUT2D eigenvalue weighted by Crippen LogP contribution is 2.45. The van der Waals surface area contributed by atoms with Crippen molar-refractivity contribution < 1.29 is 24.2 Å². The van der Waals surface area contributed by atoms with E-state index < -0.39 is 12.1 Å². The second-order valence-corrected chi connectivity index (χ2v) is 9.68. The molecule has 0 unspecified atom stereocenters. The number of rotatable bonds is 11. The van der Waals surface area contributed by atoms with Gasteiger partial charge in [0, 0.05) is 38.4 Å². The normalized spacial score (nSPS) is 15.5. The molecule has 2 N–H and O–H groups in total. The van der Waals surface area contributed by atoms with Gasteiger partial charge < -0.3 is 20.1 Å². The van der Waals surface area contributed by atoms with Gasteiger partial charge in [0.15, 0.2) is 0 Å². The van der Waals surface area contributed by atoms with Crippen LogP contribution in [0, 0.1) is 5.41 Å². The smallest absolute Gasteiger partial charge is 0.407 e. The van der Waals surface area contributed by atoms with Gasteiger partial charge in [-0.3, -0.25) is 9.59 Å². The van der Waals surface area contributed by atoms with E-state index in [-0.39, 0.29) is 30.3 Å². The van der Waals surface area contributed by atoms with Gasteiger partial charge >= 0.3 is 12.1 Å². The lowest BCUT2D eigenvalue weighted by molar-refractivity contribution is -0.139. The van der Waals surface area contributed by atoms with Gasteiger partial charge in [0.25, 0.3) is 0 Å². The number of fused-ring (bicyclic) bond motifs is 3. The quantitative estimate of drug-likeness (QED) is 0.484. The fourth-order valence-corrected chi connectivity index (χ4v) is 5.31. The Labute approximate surface area is 206 Å². The molecule has 2 amide bonds. The fraction of sp³-hybridized carbons (Fsp3) is 0.464. The molecule has 0 spiro atoms. The average Bonchev–Trinajstić information content (AvgIpc) is 3.15. The van der Waals surface area contributed by atoms with Gasteiger partial charge in [0.05, 0.1) is 0 Å². The van der Waals surface area contributed by atoms with Crippen molar-refractivity contribution in [3.63, 3.8) is 0 Å². The molecule has 2 aliphatic carbocycles. The summed E-state index contributed by atoms with van der Waals surface area (Å²) in [5.41, 5.74) is 4.47. The lowest BCUT2D eigenvalue weighted by atomic mass is 9.66. The number of carboxylic acid groups (broad SMARTS) is 1. The molecule has 0 aliphatic heterocycles. The molecule has 2 aliphatic rings. The third-order valence-electron chi connectivity index (χ3n) is 7.44. The summed E-state index contributed by atoms with van der Waals surface area (Å²) >= 11 is 0. The number of ether oxygens (including phenoxy) is 1. The number of carboxylic acids is 1. The van der Waals surface area contributed by atoms with Gasteiger partial charge in [-0.1, -0.05) is 55.0 Å². The molecule has 4 rings (SSSR count). The molecule has 0 heterocycles. The molecular formula is C28H34N2O5. The minimum atomic E-state index is -0.851. The highest BCUT2D eigenvalue weighted by molar-refractivity contribution is 5.79. The molecule has 0 atom stereocenters. The van der Waals surface area contributed by atoms with Crippen LogP contribution in [-0.2, 0) is 14.3 Å². The largest absolute Gasteiger partial charge is 0.481 e. The first kappa shape index (κ1) is 24.8. The van der Waals surface area contributed by atoms with Crippen LogP contribution in [0.25, 0.3) is 11.1 Å². The Bertz CT molecular complexity index is 1030. The van der Waals surface area contributed by atoms with Crippen LogP contribution in [-0.4, -0.2) is 54.2 Å². The van der Waals surface area contributed by atoms with E-state index in [4.69, 9.17) is 9.84 Å². The number of nitrogens with one attached hydrogen (secondary N) is 1. The maximum absolute atomic E-state index is 12.9. The summed E-state index contributed by atoms with van der Waals surface area (Å²) in [5.74, 6) is -0.820. The average molecular weight is 479 g/mol. The van der Waals surface area contributed by atoms with Gasteiger partial charge in [-0.15, -0.1) is 0 Å². The minimum Gasteiger partial charge on any atom is -0.481 e. The third kappa shape index (κ3) is 5.66. The number of amides is 2. The number of alkyl carbamates (subject to hydrolysis) is 1. The van der Waals surface area contributed by atoms with Crippen molar-refractivity contribution in [3.05, 3.63) is 59.7 Å². The van der Waals surface area contributed by atoms with E-state index in [0.717, 1.165) is 19.3 Å². The molecule has 0 saturated heterocycles. The highest BCUT2D eigenvalue weighted by Gasteiger charge is 2.40. The van der Waals surface area contributed by atoms with Gasteiger partial charge in [-0.05, 0) is 53.9 Å². The van der Waals surface area contributed by atoms with Crippen LogP contribution in [0.5, 0.6) is 0 Å². The summed E-state index contributed by atoms with van der Waals surface area (Å²) in [5, 5.41) is 11.8. The van der Waals surface area contributed by atoms with Crippen LogP contribution < -0.4 is 5.32 Å². The molecule has 1 saturated carbocycles. The van der Waals surface area contributed by atoms with Crippen molar-refractivity contribution in [2.75, 3.05) is 26.2 Å². The zero-order valence-corrected chi connectivity index (χ0v) is 20.3. The van der Waals surface area contributed by atoms with Crippen molar-refractivity contribution in [3.8, 4) is 11.1 Å². The second-order valence-electron chi connectivity index (χ2n) is 9.68. The van der Waals surface area contributed by atoms with Gasteiger partial charge in [-0.2, -0.15) is 0 Å². The zero-order chi connectivity index (χ0) is 24.8. The maximum Gasteiger partial charge on any atom is 0.407 e. The number of carbonyl (C=O) groups is 3. The lowest BCUT2D eigenvalue weighted by Crippen LogP contribution is -2.46. The van der Waals surface area contributed by atoms with Crippen LogP contribution in [0.2, 0.25) is 0 Å². The molecule has 1 fully saturated rings. The summed E-state index contributed by atoms with van der Waals surface area (Å²) in [7, 11) is 0. The van der Waals surface area contributed by atoms with Crippen molar-refractivity contribution in [2.45, 2.75) is 51.4 Å². The number of nitrogens with zero attached hydrogens (tertiary/aromatic N) is 1. The first-order chi connectivity index (χ1) is 16.9. The number of benzene rings is 2. The van der Waals surface area contributed by atoms with E-state index in [0.29, 0.717) is 32.5 Å². The van der Waals surface area contributed by atoms with Crippen molar-refractivity contribution in [1.29, 1.82) is 0 Å². The molecule has 186 valence electrons. The summed E-state index contributed by atoms with van der Waals surface area (Å²) < 4.78 is 5.65. The Hall–Kier alpha value is -3.35. The predicted octanol–water partition coefficient (Wildman–Crippen LogP) is 4.80. The maximum atomic E-state index is 12.9. The van der Waals surface area contributed by atoms with Crippen LogP contribution >= 0.6 is 0 Å². The number of aliphatic carboxylic acids is 1. The molecule has 2 aromatic carbocycles. The van der Waals surface area contributed by atoms with E-state index in [1.165, 1.54) is 22.3 Å². The molecule has 0 bridgehead atoms. The number of hydrogen-bond acceptors (Lipinski definition) is 4. The van der Waals surface area contributed by atoms with Crippen LogP contribution in [0.4, 0.5) is 4.79 Å². The monoisotopic (exact) mass is 478 g/mol. The fourth-order valence-electron chi connectivity index (χ4n) is 5.31. The Morgan fingerprint density at radius 1 is 1.06 bits per heavy atom. The minimum absolute atomic E-state index is 0.0105. The first-order valence-electron chi connectivity index (χ1n) is 12.5. The SMILES string of the molecule is CCN(CCCC(=O)O)C(=O)CC1(CNC(=O)OCC2c3ccccc3-c3ccccc32)CCC1. The van der Waals surface area contributed by atoms with E-state index in [2.05, 4.69) is 29.6 Å². The lowest BCUT2D eigenvalue weighted by Gasteiger charge is -2.42. The Morgan fingerprint density at radius 3 is 2.23 bits per heavy atom.